The molecule has 0 spiro atoms. The minimum atomic E-state index is 0. The van der Waals surface area contributed by atoms with Crippen LogP contribution in [0.2, 0.25) is 0 Å². The summed E-state index contributed by atoms with van der Waals surface area (Å²) in [5.74, 6) is 0. The van der Waals surface area contributed by atoms with Gasteiger partial charge in [0.15, 0.2) is 0 Å². The van der Waals surface area contributed by atoms with Crippen LogP contribution in [-0.2, 0) is 66.3 Å². The molecular weight excluding hydrogens is 401 g/mol. The van der Waals surface area contributed by atoms with E-state index in [1.54, 1.807) is 0 Å². The Morgan fingerprint density at radius 3 is 0.600 bits per heavy atom. The van der Waals surface area contributed by atoms with E-state index in [2.05, 4.69) is 0 Å². The fourth-order valence-corrected chi connectivity index (χ4v) is 0. The molecule has 0 rings (SSSR count). The van der Waals surface area contributed by atoms with Gasteiger partial charge in [0.1, 0.15) is 0 Å². The van der Waals surface area contributed by atoms with Crippen molar-refractivity contribution in [3.63, 3.8) is 0 Å². The Labute approximate surface area is 98.6 Å². The monoisotopic (exact) mass is 406 g/mol. The number of rotatable bonds is 0. The van der Waals surface area contributed by atoms with Gasteiger partial charge in [-0.05, 0) is 0 Å². The summed E-state index contributed by atoms with van der Waals surface area (Å²) in [6.45, 7) is 0. The predicted molar refractivity (Wildman–Crippen MR) is 17.1 cm³/mol. The second-order valence-corrected chi connectivity index (χ2v) is 0. The van der Waals surface area contributed by atoms with E-state index < -0.39 is 0 Å². The Bertz CT molecular complexity index is 7.61. The Kier molecular flexibility index (Phi) is 224. The zero-order chi connectivity index (χ0) is 0. The summed E-state index contributed by atoms with van der Waals surface area (Å²) < 4.78 is 0. The molecular formula is H4CdSe2Zn2. The molecule has 0 aromatic carbocycles. The maximum atomic E-state index is 0. The maximum Gasteiger partial charge on any atom is 0 e. The van der Waals surface area contributed by atoms with Crippen LogP contribution in [0.15, 0.2) is 0 Å². The largest absolute Gasteiger partial charge is 0 e. The van der Waals surface area contributed by atoms with Crippen molar-refractivity contribution in [3.8, 4) is 0 Å². The molecule has 0 aliphatic carbocycles. The molecule has 0 aromatic heterocycles. The van der Waals surface area contributed by atoms with Crippen molar-refractivity contribution < 1.29 is 66.3 Å². The smallest absolute Gasteiger partial charge is 0 e. The van der Waals surface area contributed by atoms with Crippen molar-refractivity contribution in [2.24, 2.45) is 0 Å². The first kappa shape index (κ1) is 41.4. The quantitative estimate of drug-likeness (QED) is 0.416. The Balaban J connectivity index is 0. The van der Waals surface area contributed by atoms with E-state index in [1.165, 1.54) is 0 Å². The molecule has 0 aromatic rings. The van der Waals surface area contributed by atoms with E-state index in [0.717, 1.165) is 0 Å². The van der Waals surface area contributed by atoms with Crippen LogP contribution in [0.1, 0.15) is 0 Å². The van der Waals surface area contributed by atoms with Crippen molar-refractivity contribution in [2.45, 2.75) is 0 Å². The molecule has 0 bridgehead atoms. The van der Waals surface area contributed by atoms with Gasteiger partial charge in [0, 0.05) is 66.3 Å². The number of hydrogen-bond acceptors (Lipinski definition) is 0. The van der Waals surface area contributed by atoms with Crippen LogP contribution in [0.3, 0.4) is 0 Å². The summed E-state index contributed by atoms with van der Waals surface area (Å²) in [5, 5.41) is 0. The second kappa shape index (κ2) is 27.0. The molecule has 0 unspecified atom stereocenters. The van der Waals surface area contributed by atoms with Crippen molar-refractivity contribution >= 4 is 34.1 Å². The Morgan fingerprint density at radius 1 is 0.600 bits per heavy atom. The topological polar surface area (TPSA) is 0 Å². The van der Waals surface area contributed by atoms with Crippen LogP contribution in [0, 0.1) is 0 Å². The van der Waals surface area contributed by atoms with Crippen LogP contribution in [0.5, 0.6) is 0 Å². The molecule has 0 heterocycles. The summed E-state index contributed by atoms with van der Waals surface area (Å²) >= 11 is 0. The molecule has 0 saturated heterocycles. The van der Waals surface area contributed by atoms with E-state index in [1.807, 2.05) is 0 Å². The average Bonchev–Trinajstić information content (AvgIpc) is 0. The van der Waals surface area contributed by atoms with Crippen LogP contribution >= 0.6 is 0 Å². The van der Waals surface area contributed by atoms with Gasteiger partial charge in [-0.2, -0.15) is 0 Å². The van der Waals surface area contributed by atoms with Crippen molar-refractivity contribution in [2.75, 3.05) is 0 Å². The van der Waals surface area contributed by atoms with Gasteiger partial charge in [0.25, 0.3) is 0 Å². The molecule has 0 aliphatic heterocycles. The van der Waals surface area contributed by atoms with Gasteiger partial charge in [-0.15, -0.1) is 0 Å². The average molecular weight is 405 g/mol. The standard InChI is InChI=1S/Cd.2H2Se.2Zn/h;2*1H2;;. The van der Waals surface area contributed by atoms with E-state index in [0.29, 0.717) is 0 Å². The fourth-order valence-electron chi connectivity index (χ4n) is 0. The molecule has 5 heavy (non-hydrogen) atoms. The molecule has 0 saturated carbocycles. The van der Waals surface area contributed by atoms with Crippen LogP contribution < -0.4 is 0 Å². The van der Waals surface area contributed by atoms with E-state index >= 15 is 0 Å². The van der Waals surface area contributed by atoms with Crippen LogP contribution in [-0.4, -0.2) is 34.1 Å². The maximum absolute atomic E-state index is 0. The first-order valence-electron chi connectivity index (χ1n) is 0. The molecule has 0 fully saturated rings. The molecule has 0 radical (unpaired) electrons. The van der Waals surface area contributed by atoms with Gasteiger partial charge in [-0.25, -0.2) is 0 Å². The van der Waals surface area contributed by atoms with Crippen LogP contribution in [0.4, 0.5) is 0 Å². The minimum absolute atomic E-state index is 0. The first-order chi connectivity index (χ1) is 0. The molecule has 0 N–H and O–H groups in total. The third kappa shape index (κ3) is 19.0. The Hall–Kier alpha value is 3.21. The third-order valence-corrected chi connectivity index (χ3v) is 0. The van der Waals surface area contributed by atoms with E-state index in [4.69, 9.17) is 0 Å². The van der Waals surface area contributed by atoms with Gasteiger partial charge in [0.05, 0.1) is 0 Å². The van der Waals surface area contributed by atoms with Gasteiger partial charge < -0.3 is 0 Å². The summed E-state index contributed by atoms with van der Waals surface area (Å²) in [4.78, 5) is 0. The molecule has 22 valence electrons. The predicted octanol–water partition coefficient (Wildman–Crippen LogP) is -1.84. The molecule has 0 amide bonds. The molecule has 0 aliphatic rings. The van der Waals surface area contributed by atoms with Gasteiger partial charge in [-0.3, -0.25) is 0 Å². The van der Waals surface area contributed by atoms with E-state index in [9.17, 15) is 0 Å². The van der Waals surface area contributed by atoms with Crippen molar-refractivity contribution in [1.29, 1.82) is 0 Å². The summed E-state index contributed by atoms with van der Waals surface area (Å²) in [5.41, 5.74) is 0. The molecule has 5 heteroatoms. The summed E-state index contributed by atoms with van der Waals surface area (Å²) in [6.07, 6.45) is 0. The normalized spacial score (nSPS) is 0. The minimum Gasteiger partial charge on any atom is 0 e. The Morgan fingerprint density at radius 2 is 0.600 bits per heavy atom. The number of hydrogen-bond donors (Lipinski definition) is 0. The molecule has 0 nitrogen and oxygen atoms in total. The second-order valence-electron chi connectivity index (χ2n) is 0. The van der Waals surface area contributed by atoms with Gasteiger partial charge >= 0.3 is 34.1 Å². The summed E-state index contributed by atoms with van der Waals surface area (Å²) in [6, 6.07) is 0. The first-order valence-corrected chi connectivity index (χ1v) is 0. The van der Waals surface area contributed by atoms with Crippen LogP contribution in [0.25, 0.3) is 0 Å². The molecule has 0 atom stereocenters. The van der Waals surface area contributed by atoms with Crippen molar-refractivity contribution in [3.05, 3.63) is 0 Å². The zero-order valence-corrected chi connectivity index (χ0v) is 17.3. The fraction of sp³-hybridized carbons (Fsp3) is 0. The third-order valence-electron chi connectivity index (χ3n) is 0. The van der Waals surface area contributed by atoms with Gasteiger partial charge in [-0.1, -0.05) is 0 Å². The van der Waals surface area contributed by atoms with Gasteiger partial charge in [0.2, 0.25) is 0 Å². The van der Waals surface area contributed by atoms with E-state index in [-0.39, 0.29) is 100 Å². The summed E-state index contributed by atoms with van der Waals surface area (Å²) in [7, 11) is 0. The zero-order valence-electron chi connectivity index (χ0n) is 3.12. The van der Waals surface area contributed by atoms with Crippen molar-refractivity contribution in [1.82, 2.24) is 0 Å². The SMILES string of the molecule is [Cd].[SeH2].[SeH2].[Zn].[Zn].